The molecule has 1 unspecified atom stereocenters. The van der Waals surface area contributed by atoms with Gasteiger partial charge in [-0.25, -0.2) is 23.5 Å². The van der Waals surface area contributed by atoms with Gasteiger partial charge in [0.05, 0.1) is 5.75 Å². The van der Waals surface area contributed by atoms with Gasteiger partial charge in [0, 0.05) is 18.3 Å². The zero-order valence-corrected chi connectivity index (χ0v) is 8.95. The molecule has 0 bridgehead atoms. The Morgan fingerprint density at radius 3 is 2.36 bits per heavy atom. The van der Waals surface area contributed by atoms with Gasteiger partial charge in [-0.2, -0.15) is 0 Å². The van der Waals surface area contributed by atoms with Crippen molar-refractivity contribution in [2.24, 2.45) is 5.14 Å². The van der Waals surface area contributed by atoms with Crippen molar-refractivity contribution >= 4 is 10.0 Å². The molecule has 1 heterocycles. The molecular formula is C8H13N3O2S. The quantitative estimate of drug-likeness (QED) is 0.779. The van der Waals surface area contributed by atoms with Gasteiger partial charge in [-0.05, 0) is 12.5 Å². The van der Waals surface area contributed by atoms with Gasteiger partial charge in [-0.3, -0.25) is 0 Å². The number of nitrogens with two attached hydrogens (primary N) is 1. The van der Waals surface area contributed by atoms with Gasteiger partial charge in [0.15, 0.2) is 0 Å². The van der Waals surface area contributed by atoms with Crippen LogP contribution < -0.4 is 5.14 Å². The first-order valence-electron chi connectivity index (χ1n) is 4.17. The first-order chi connectivity index (χ1) is 6.38. The zero-order chi connectivity index (χ0) is 10.8. The van der Waals surface area contributed by atoms with Crippen LogP contribution in [0.5, 0.6) is 0 Å². The monoisotopic (exact) mass is 215 g/mol. The molecule has 0 saturated heterocycles. The molecule has 0 amide bonds. The van der Waals surface area contributed by atoms with Gasteiger partial charge in [-0.15, -0.1) is 0 Å². The number of hydrogen-bond acceptors (Lipinski definition) is 4. The van der Waals surface area contributed by atoms with E-state index in [1.54, 1.807) is 19.3 Å². The maximum absolute atomic E-state index is 10.8. The molecule has 0 spiro atoms. The molecule has 6 heteroatoms. The number of aryl methyl sites for hydroxylation is 1. The Labute approximate surface area is 83.4 Å². The summed E-state index contributed by atoms with van der Waals surface area (Å²) in [6.45, 7) is 3.60. The topological polar surface area (TPSA) is 85.9 Å². The van der Waals surface area contributed by atoms with Crippen molar-refractivity contribution in [3.63, 3.8) is 0 Å². The summed E-state index contributed by atoms with van der Waals surface area (Å²) in [6.07, 6.45) is 3.31. The van der Waals surface area contributed by atoms with Crippen molar-refractivity contribution in [2.75, 3.05) is 5.75 Å². The number of primary sulfonamides is 1. The summed E-state index contributed by atoms with van der Waals surface area (Å²) in [6, 6.07) is 0. The molecule has 1 atom stereocenters. The van der Waals surface area contributed by atoms with E-state index >= 15 is 0 Å². The molecule has 78 valence electrons. The van der Waals surface area contributed by atoms with Gasteiger partial charge in [0.2, 0.25) is 10.0 Å². The first kappa shape index (κ1) is 11.1. The van der Waals surface area contributed by atoms with Crippen molar-refractivity contribution in [2.45, 2.75) is 19.8 Å². The second-order valence-corrected chi connectivity index (χ2v) is 5.01. The van der Waals surface area contributed by atoms with Crippen LogP contribution in [0.3, 0.4) is 0 Å². The van der Waals surface area contributed by atoms with Gasteiger partial charge in [0.1, 0.15) is 5.82 Å². The number of hydrogen-bond donors (Lipinski definition) is 1. The van der Waals surface area contributed by atoms with Crippen molar-refractivity contribution in [3.05, 3.63) is 23.8 Å². The second-order valence-electron chi connectivity index (χ2n) is 3.35. The molecule has 0 aliphatic rings. The summed E-state index contributed by atoms with van der Waals surface area (Å²) in [5.41, 5.74) is 0.941. The van der Waals surface area contributed by atoms with Gasteiger partial charge in [0.25, 0.3) is 0 Å². The van der Waals surface area contributed by atoms with E-state index in [9.17, 15) is 8.42 Å². The molecule has 0 aromatic carbocycles. The van der Waals surface area contributed by atoms with Crippen LogP contribution >= 0.6 is 0 Å². The van der Waals surface area contributed by atoms with E-state index in [0.29, 0.717) is 5.82 Å². The minimum Gasteiger partial charge on any atom is -0.241 e. The molecule has 0 radical (unpaired) electrons. The molecule has 2 N–H and O–H groups in total. The highest BCUT2D eigenvalue weighted by molar-refractivity contribution is 7.89. The predicted octanol–water partition coefficient (Wildman–Crippen LogP) is 0.177. The second kappa shape index (κ2) is 4.02. The Kier molecular flexibility index (Phi) is 3.17. The van der Waals surface area contributed by atoms with Crippen LogP contribution in [0.25, 0.3) is 0 Å². The van der Waals surface area contributed by atoms with Crippen molar-refractivity contribution in [1.82, 2.24) is 9.97 Å². The fourth-order valence-electron chi connectivity index (χ4n) is 1.08. The summed E-state index contributed by atoms with van der Waals surface area (Å²) >= 11 is 0. The van der Waals surface area contributed by atoms with Crippen LogP contribution in [0.1, 0.15) is 24.2 Å². The molecule has 0 fully saturated rings. The molecule has 1 aromatic heterocycles. The van der Waals surface area contributed by atoms with Crippen molar-refractivity contribution < 1.29 is 8.42 Å². The van der Waals surface area contributed by atoms with E-state index in [1.807, 2.05) is 6.92 Å². The Balaban J connectivity index is 2.80. The van der Waals surface area contributed by atoms with Gasteiger partial charge < -0.3 is 0 Å². The average molecular weight is 215 g/mol. The molecule has 0 aliphatic carbocycles. The number of sulfonamides is 1. The van der Waals surface area contributed by atoms with E-state index in [0.717, 1.165) is 5.56 Å². The number of rotatable bonds is 3. The zero-order valence-electron chi connectivity index (χ0n) is 8.14. The highest BCUT2D eigenvalue weighted by Gasteiger charge is 2.14. The van der Waals surface area contributed by atoms with Crippen molar-refractivity contribution in [1.29, 1.82) is 0 Å². The van der Waals surface area contributed by atoms with E-state index in [4.69, 9.17) is 5.14 Å². The number of aromatic nitrogens is 2. The van der Waals surface area contributed by atoms with E-state index in [1.165, 1.54) is 0 Å². The Hall–Kier alpha value is -1.01. The third-order valence-corrected chi connectivity index (χ3v) is 2.69. The largest absolute Gasteiger partial charge is 0.241 e. The average Bonchev–Trinajstić information content (AvgIpc) is 2.02. The molecule has 0 aliphatic heterocycles. The Morgan fingerprint density at radius 1 is 1.43 bits per heavy atom. The molecule has 0 saturated carbocycles. The maximum Gasteiger partial charge on any atom is 0.209 e. The third-order valence-electron chi connectivity index (χ3n) is 1.72. The fourth-order valence-corrected chi connectivity index (χ4v) is 1.93. The van der Waals surface area contributed by atoms with Gasteiger partial charge >= 0.3 is 0 Å². The Bertz CT molecular complexity index is 399. The minimum atomic E-state index is -3.46. The molecule has 14 heavy (non-hydrogen) atoms. The molecule has 1 rings (SSSR count). The molecular weight excluding hydrogens is 202 g/mol. The highest BCUT2D eigenvalue weighted by Crippen LogP contribution is 2.10. The lowest BCUT2D eigenvalue weighted by Gasteiger charge is -2.07. The van der Waals surface area contributed by atoms with Crippen LogP contribution in [0.15, 0.2) is 12.4 Å². The summed E-state index contributed by atoms with van der Waals surface area (Å²) in [5.74, 6) is 0.103. The van der Waals surface area contributed by atoms with Crippen LogP contribution in [0, 0.1) is 6.92 Å². The van der Waals surface area contributed by atoms with E-state index in [2.05, 4.69) is 9.97 Å². The smallest absolute Gasteiger partial charge is 0.209 e. The summed E-state index contributed by atoms with van der Waals surface area (Å²) < 4.78 is 21.6. The van der Waals surface area contributed by atoms with Crippen LogP contribution in [0.4, 0.5) is 0 Å². The third kappa shape index (κ3) is 3.39. The van der Waals surface area contributed by atoms with E-state index < -0.39 is 10.0 Å². The fraction of sp³-hybridized carbons (Fsp3) is 0.500. The van der Waals surface area contributed by atoms with Crippen LogP contribution in [0.2, 0.25) is 0 Å². The summed E-state index contributed by atoms with van der Waals surface area (Å²) in [7, 11) is -3.46. The standard InChI is InChI=1S/C8H13N3O2S/c1-6-3-10-8(11-4-6)7(2)5-14(9,12)13/h3-4,7H,5H2,1-2H3,(H2,9,12,13). The number of nitrogens with zero attached hydrogens (tertiary/aromatic N) is 2. The Morgan fingerprint density at radius 2 is 1.93 bits per heavy atom. The first-order valence-corrected chi connectivity index (χ1v) is 5.89. The SMILES string of the molecule is Cc1cnc(C(C)CS(N)(=O)=O)nc1. The van der Waals surface area contributed by atoms with E-state index in [-0.39, 0.29) is 11.7 Å². The van der Waals surface area contributed by atoms with Gasteiger partial charge in [-0.1, -0.05) is 6.92 Å². The lowest BCUT2D eigenvalue weighted by molar-refractivity contribution is 0.589. The summed E-state index contributed by atoms with van der Waals surface area (Å²) in [5, 5.41) is 4.92. The molecule has 1 aromatic rings. The lowest BCUT2D eigenvalue weighted by Crippen LogP contribution is -2.21. The summed E-state index contributed by atoms with van der Waals surface area (Å²) in [4.78, 5) is 8.06. The highest BCUT2D eigenvalue weighted by atomic mass is 32.2. The molecule has 5 nitrogen and oxygen atoms in total. The van der Waals surface area contributed by atoms with Crippen LogP contribution in [-0.2, 0) is 10.0 Å². The minimum absolute atomic E-state index is 0.129. The normalized spacial score (nSPS) is 13.9. The van der Waals surface area contributed by atoms with Crippen molar-refractivity contribution in [3.8, 4) is 0 Å². The predicted molar refractivity (Wildman–Crippen MR) is 53.2 cm³/mol. The maximum atomic E-state index is 10.8. The lowest BCUT2D eigenvalue weighted by atomic mass is 10.2. The van der Waals surface area contributed by atoms with Crippen LogP contribution in [-0.4, -0.2) is 24.1 Å².